The van der Waals surface area contributed by atoms with Crippen LogP contribution in [0.15, 0.2) is 23.1 Å². The van der Waals surface area contributed by atoms with Crippen molar-refractivity contribution in [3.8, 4) is 5.88 Å². The number of nitrogens with zero attached hydrogens (tertiary/aromatic N) is 2. The number of aromatic amines is 1. The van der Waals surface area contributed by atoms with Crippen molar-refractivity contribution < 1.29 is 9.53 Å². The Morgan fingerprint density at radius 1 is 1.35 bits per heavy atom. The van der Waals surface area contributed by atoms with Gasteiger partial charge >= 0.3 is 0 Å². The molecule has 0 saturated carbocycles. The lowest BCUT2D eigenvalue weighted by atomic mass is 9.97. The van der Waals surface area contributed by atoms with E-state index < -0.39 is 0 Å². The molecule has 3 aromatic heterocycles. The maximum Gasteiger partial charge on any atom is 0.259 e. The number of H-pyrrole nitrogens is 1. The van der Waals surface area contributed by atoms with E-state index in [0.717, 1.165) is 35.0 Å². The van der Waals surface area contributed by atoms with Crippen molar-refractivity contribution in [1.29, 1.82) is 0 Å². The fraction of sp³-hybridized carbons (Fsp3) is 0.455. The molecule has 1 amide bonds. The number of fused-ring (bicyclic) bond motifs is 3. The molecule has 0 atom stereocenters. The summed E-state index contributed by atoms with van der Waals surface area (Å²) in [6.07, 6.45) is 6.01. The third-order valence-electron chi connectivity index (χ3n) is 5.02. The lowest BCUT2D eigenvalue weighted by Gasteiger charge is -2.13. The van der Waals surface area contributed by atoms with Gasteiger partial charge in [0, 0.05) is 23.2 Å². The second-order valence-electron chi connectivity index (χ2n) is 7.81. The highest BCUT2D eigenvalue weighted by Crippen LogP contribution is 2.33. The van der Waals surface area contributed by atoms with Crippen molar-refractivity contribution in [3.05, 3.63) is 50.5 Å². The molecule has 0 saturated heterocycles. The number of aryl methyl sites for hydroxylation is 2. The predicted molar refractivity (Wildman–Crippen MR) is 125 cm³/mol. The standard InChI is InChI=1S/C22H26N4O3S2/c1-13(2)29-21-14(6-5-9-23-21)10-24-18(27)12-30-11-17-25-20(28)19-15-7-3-4-8-16(15)31-22(19)26-17/h5-6,9,13H,3-4,7-8,10-12H2,1-2H3,(H,24,27)(H,25,26,28). The predicted octanol–water partition coefficient (Wildman–Crippen LogP) is 3.60. The molecule has 0 spiro atoms. The van der Waals surface area contributed by atoms with Crippen LogP contribution in [-0.2, 0) is 29.9 Å². The Balaban J connectivity index is 1.32. The van der Waals surface area contributed by atoms with Gasteiger partial charge in [-0.25, -0.2) is 9.97 Å². The van der Waals surface area contributed by atoms with E-state index in [9.17, 15) is 9.59 Å². The summed E-state index contributed by atoms with van der Waals surface area (Å²) in [7, 11) is 0. The topological polar surface area (TPSA) is 97.0 Å². The molecular formula is C22H26N4O3S2. The van der Waals surface area contributed by atoms with E-state index in [1.165, 1.54) is 28.6 Å². The second kappa shape index (κ2) is 9.82. The Labute approximate surface area is 189 Å². The number of hydrogen-bond acceptors (Lipinski definition) is 7. The van der Waals surface area contributed by atoms with E-state index >= 15 is 0 Å². The highest BCUT2D eigenvalue weighted by molar-refractivity contribution is 7.99. The van der Waals surface area contributed by atoms with Gasteiger partial charge in [-0.1, -0.05) is 6.07 Å². The van der Waals surface area contributed by atoms with Gasteiger partial charge in [0.15, 0.2) is 0 Å². The SMILES string of the molecule is CC(C)Oc1ncccc1CNC(=O)CSCc1nc2sc3c(c2c(=O)[nH]1)CCCC3. The van der Waals surface area contributed by atoms with Crippen molar-refractivity contribution in [2.24, 2.45) is 0 Å². The average Bonchev–Trinajstić information content (AvgIpc) is 3.11. The maximum atomic E-state index is 12.6. The van der Waals surface area contributed by atoms with Gasteiger partial charge in [0.05, 0.1) is 23.0 Å². The lowest BCUT2D eigenvalue weighted by Crippen LogP contribution is -2.25. The summed E-state index contributed by atoms with van der Waals surface area (Å²) in [4.78, 5) is 38.8. The minimum absolute atomic E-state index is 0.0146. The molecule has 1 aliphatic rings. The summed E-state index contributed by atoms with van der Waals surface area (Å²) in [5, 5.41) is 3.67. The molecule has 3 heterocycles. The third-order valence-corrected chi connectivity index (χ3v) is 7.15. The first-order valence-corrected chi connectivity index (χ1v) is 12.5. The lowest BCUT2D eigenvalue weighted by molar-refractivity contribution is -0.118. The number of rotatable bonds is 8. The molecule has 0 aromatic carbocycles. The minimum Gasteiger partial charge on any atom is -0.475 e. The normalized spacial score (nSPS) is 13.4. The van der Waals surface area contributed by atoms with Gasteiger partial charge in [0.25, 0.3) is 5.56 Å². The number of thiophene rings is 1. The number of ether oxygens (including phenoxy) is 1. The largest absolute Gasteiger partial charge is 0.475 e. The number of pyridine rings is 1. The number of carbonyl (C=O) groups excluding carboxylic acids is 1. The van der Waals surface area contributed by atoms with Crippen LogP contribution in [0, 0.1) is 0 Å². The molecule has 9 heteroatoms. The van der Waals surface area contributed by atoms with Crippen molar-refractivity contribution in [3.63, 3.8) is 0 Å². The number of aromatic nitrogens is 3. The Hall–Kier alpha value is -2.39. The molecule has 7 nitrogen and oxygen atoms in total. The van der Waals surface area contributed by atoms with Crippen LogP contribution >= 0.6 is 23.1 Å². The van der Waals surface area contributed by atoms with Crippen LogP contribution in [0.1, 0.15) is 48.5 Å². The summed E-state index contributed by atoms with van der Waals surface area (Å²) in [6, 6.07) is 3.71. The fourth-order valence-electron chi connectivity index (χ4n) is 3.65. The van der Waals surface area contributed by atoms with Gasteiger partial charge in [-0.2, -0.15) is 0 Å². The summed E-state index contributed by atoms with van der Waals surface area (Å²) in [5.74, 6) is 1.84. The molecule has 2 N–H and O–H groups in total. The molecule has 0 bridgehead atoms. The van der Waals surface area contributed by atoms with Crippen LogP contribution in [0.5, 0.6) is 5.88 Å². The summed E-state index contributed by atoms with van der Waals surface area (Å²) in [6.45, 7) is 4.24. The molecule has 1 aliphatic carbocycles. The number of hydrogen-bond donors (Lipinski definition) is 2. The monoisotopic (exact) mass is 458 g/mol. The van der Waals surface area contributed by atoms with Gasteiger partial charge < -0.3 is 15.0 Å². The molecule has 3 aromatic rings. The Morgan fingerprint density at radius 2 is 2.19 bits per heavy atom. The minimum atomic E-state index is -0.0839. The van der Waals surface area contributed by atoms with Crippen molar-refractivity contribution >= 4 is 39.2 Å². The first-order valence-electron chi connectivity index (χ1n) is 10.5. The molecule has 0 fully saturated rings. The number of amides is 1. The van der Waals surface area contributed by atoms with E-state index in [4.69, 9.17) is 4.74 Å². The van der Waals surface area contributed by atoms with E-state index in [0.29, 0.717) is 24.0 Å². The van der Waals surface area contributed by atoms with Crippen LogP contribution in [0.2, 0.25) is 0 Å². The van der Waals surface area contributed by atoms with Crippen LogP contribution in [0.3, 0.4) is 0 Å². The van der Waals surface area contributed by atoms with Crippen LogP contribution in [0.25, 0.3) is 10.2 Å². The first kappa shape index (κ1) is 21.8. The van der Waals surface area contributed by atoms with Crippen molar-refractivity contribution in [1.82, 2.24) is 20.3 Å². The molecular weight excluding hydrogens is 432 g/mol. The summed E-state index contributed by atoms with van der Waals surface area (Å²) >= 11 is 3.07. The van der Waals surface area contributed by atoms with Crippen LogP contribution in [-0.4, -0.2) is 32.7 Å². The summed E-state index contributed by atoms with van der Waals surface area (Å²) < 4.78 is 5.68. The zero-order valence-corrected chi connectivity index (χ0v) is 19.3. The fourth-order valence-corrected chi connectivity index (χ4v) is 5.65. The van der Waals surface area contributed by atoms with E-state index in [1.807, 2.05) is 26.0 Å². The second-order valence-corrected chi connectivity index (χ2v) is 9.88. The van der Waals surface area contributed by atoms with Crippen LogP contribution in [0.4, 0.5) is 0 Å². The molecule has 0 radical (unpaired) electrons. The van der Waals surface area contributed by atoms with Crippen molar-refractivity contribution in [2.45, 2.75) is 57.9 Å². The highest BCUT2D eigenvalue weighted by atomic mass is 32.2. The van der Waals surface area contributed by atoms with E-state index in [1.54, 1.807) is 17.5 Å². The van der Waals surface area contributed by atoms with Crippen LogP contribution < -0.4 is 15.6 Å². The van der Waals surface area contributed by atoms with Gasteiger partial charge in [0.1, 0.15) is 10.7 Å². The molecule has 0 aliphatic heterocycles. The smallest absolute Gasteiger partial charge is 0.259 e. The van der Waals surface area contributed by atoms with Gasteiger partial charge in [-0.3, -0.25) is 9.59 Å². The number of thioether (sulfide) groups is 1. The number of carbonyl (C=O) groups is 1. The van der Waals surface area contributed by atoms with E-state index in [-0.39, 0.29) is 23.3 Å². The van der Waals surface area contributed by atoms with Crippen molar-refractivity contribution in [2.75, 3.05) is 5.75 Å². The van der Waals surface area contributed by atoms with E-state index in [2.05, 4.69) is 20.3 Å². The molecule has 31 heavy (non-hydrogen) atoms. The van der Waals surface area contributed by atoms with Gasteiger partial charge in [-0.05, 0) is 51.2 Å². The van der Waals surface area contributed by atoms with Gasteiger partial charge in [-0.15, -0.1) is 23.1 Å². The quantitative estimate of drug-likeness (QED) is 0.535. The molecule has 0 unspecified atom stereocenters. The number of nitrogens with one attached hydrogen (secondary N) is 2. The summed E-state index contributed by atoms with van der Waals surface area (Å²) in [5.41, 5.74) is 1.97. The Kier molecular flexibility index (Phi) is 6.92. The Morgan fingerprint density at radius 3 is 3.03 bits per heavy atom. The molecule has 164 valence electrons. The van der Waals surface area contributed by atoms with Gasteiger partial charge in [0.2, 0.25) is 11.8 Å². The maximum absolute atomic E-state index is 12.6. The molecule has 4 rings (SSSR count). The Bertz CT molecular complexity index is 1140. The zero-order valence-electron chi connectivity index (χ0n) is 17.7. The average molecular weight is 459 g/mol. The first-order chi connectivity index (χ1) is 15.0. The third kappa shape index (κ3) is 5.27. The highest BCUT2D eigenvalue weighted by Gasteiger charge is 2.19. The zero-order chi connectivity index (χ0) is 21.8.